The van der Waals surface area contributed by atoms with Gasteiger partial charge in [-0.05, 0) is 247 Å². The van der Waals surface area contributed by atoms with Crippen LogP contribution >= 0.6 is 0 Å². The van der Waals surface area contributed by atoms with Crippen molar-refractivity contribution in [2.45, 2.75) is 724 Å². The Morgan fingerprint density at radius 1 is 0.118 bits per heavy atom. The zero-order chi connectivity index (χ0) is 97.3. The van der Waals surface area contributed by atoms with Gasteiger partial charge >= 0.3 is 0 Å². The fraction of sp³-hybridized carbons (Fsp3) is 0.824. The number of benzene rings is 6. The van der Waals surface area contributed by atoms with Gasteiger partial charge in [-0.2, -0.15) is 0 Å². The summed E-state index contributed by atoms with van der Waals surface area (Å²) in [5.74, 6) is 0. The number of hydrogen-bond donors (Lipinski definition) is 0. The fourth-order valence-corrected chi connectivity index (χ4v) is 24.6. The summed E-state index contributed by atoms with van der Waals surface area (Å²) in [5, 5.41) is 17.2. The maximum Gasteiger partial charge on any atom is -0.00135 e. The number of aryl methyl sites for hydroxylation is 4. The summed E-state index contributed by atoms with van der Waals surface area (Å²) in [6, 6.07) is 11.8. The van der Waals surface area contributed by atoms with Crippen molar-refractivity contribution in [2.75, 3.05) is 0 Å². The summed E-state index contributed by atoms with van der Waals surface area (Å²) in [6.07, 6.45) is 134. The first-order chi connectivity index (χ1) is 66.8. The molecule has 0 fully saturated rings. The van der Waals surface area contributed by atoms with E-state index >= 15 is 0 Å². The van der Waals surface area contributed by atoms with Gasteiger partial charge < -0.3 is 0 Å². The van der Waals surface area contributed by atoms with Crippen molar-refractivity contribution in [2.24, 2.45) is 0 Å². The first-order valence-corrected chi connectivity index (χ1v) is 63.5. The zero-order valence-electron chi connectivity index (χ0n) is 95.2. The highest BCUT2D eigenvalue weighted by Crippen LogP contribution is 2.54. The van der Waals surface area contributed by atoms with E-state index < -0.39 is 0 Å². The molecular formula is C136H238. The molecular weight excluding hydrogens is 1630 g/mol. The molecule has 0 amide bonds. The molecule has 782 valence electrons. The molecule has 0 bridgehead atoms. The lowest BCUT2D eigenvalue weighted by Gasteiger charge is -2.32. The second kappa shape index (κ2) is 79.2. The molecule has 0 N–H and O–H groups in total. The van der Waals surface area contributed by atoms with E-state index in [1.165, 1.54) is 616 Å². The van der Waals surface area contributed by atoms with Crippen molar-refractivity contribution in [1.82, 2.24) is 0 Å². The van der Waals surface area contributed by atoms with Crippen LogP contribution in [0.3, 0.4) is 0 Å². The minimum absolute atomic E-state index is 0.0356. The highest BCUT2D eigenvalue weighted by Gasteiger charge is 2.32. The van der Waals surface area contributed by atoms with Gasteiger partial charge in [0.1, 0.15) is 0 Å². The molecule has 0 aliphatic carbocycles. The lowest BCUT2D eigenvalue weighted by Crippen LogP contribution is -2.14. The third-order valence-electron chi connectivity index (χ3n) is 33.5. The molecule has 0 aromatic heterocycles. The van der Waals surface area contributed by atoms with E-state index in [1.807, 2.05) is 44.5 Å². The van der Waals surface area contributed by atoms with Gasteiger partial charge in [-0.15, -0.1) is 0 Å². The normalized spacial score (nSPS) is 12.4. The Bertz CT molecular complexity index is 3330. The number of hydrogen-bond acceptors (Lipinski definition) is 0. The van der Waals surface area contributed by atoms with E-state index in [0.29, 0.717) is 0 Å². The second-order valence-corrected chi connectivity index (χ2v) is 48.0. The molecule has 0 aliphatic heterocycles. The summed E-state index contributed by atoms with van der Waals surface area (Å²) in [6.45, 7) is 34.9. The molecule has 0 atom stereocenters. The highest BCUT2D eigenvalue weighted by molar-refractivity contribution is 6.41. The van der Waals surface area contributed by atoms with Crippen LogP contribution in [0.25, 0.3) is 53.9 Å². The van der Waals surface area contributed by atoms with E-state index in [1.54, 1.807) is 65.0 Å². The summed E-state index contributed by atoms with van der Waals surface area (Å²) < 4.78 is 0. The Labute approximate surface area is 852 Å². The van der Waals surface area contributed by atoms with Crippen LogP contribution in [0.5, 0.6) is 0 Å². The van der Waals surface area contributed by atoms with E-state index in [-0.39, 0.29) is 10.8 Å². The predicted octanol–water partition coefficient (Wildman–Crippen LogP) is 48.3. The molecule has 0 heterocycles. The van der Waals surface area contributed by atoms with Gasteiger partial charge in [-0.1, -0.05) is 611 Å². The van der Waals surface area contributed by atoms with Crippen LogP contribution in [-0.2, 0) is 62.2 Å². The molecule has 0 spiro atoms. The monoisotopic (exact) mass is 1870 g/mol. The summed E-state index contributed by atoms with van der Waals surface area (Å²) in [4.78, 5) is 0. The fourth-order valence-electron chi connectivity index (χ4n) is 24.6. The maximum absolute atomic E-state index is 2.96. The first kappa shape index (κ1) is 122. The number of unbranched alkanes of at least 4 members (excludes halogenated alkanes) is 80. The van der Waals surface area contributed by atoms with Crippen LogP contribution in [-0.4, -0.2) is 0 Å². The van der Waals surface area contributed by atoms with Gasteiger partial charge in [0, 0.05) is 0 Å². The Hall–Kier alpha value is -3.12. The molecule has 0 saturated carbocycles. The Kier molecular flexibility index (Phi) is 70.8. The van der Waals surface area contributed by atoms with Crippen LogP contribution in [0, 0.1) is 0 Å². The molecule has 0 heteroatoms. The van der Waals surface area contributed by atoms with Crippen LogP contribution in [0.4, 0.5) is 0 Å². The molecule has 6 aromatic rings. The van der Waals surface area contributed by atoms with Gasteiger partial charge in [-0.25, -0.2) is 0 Å². The molecule has 0 radical (unpaired) electrons. The van der Waals surface area contributed by atoms with Gasteiger partial charge in [0.25, 0.3) is 0 Å². The summed E-state index contributed by atoms with van der Waals surface area (Å²) in [5.41, 5.74) is 18.1. The minimum atomic E-state index is -0.0356. The van der Waals surface area contributed by atoms with E-state index in [9.17, 15) is 0 Å². The van der Waals surface area contributed by atoms with Gasteiger partial charge in [0.2, 0.25) is 0 Å². The molecule has 0 saturated heterocycles. The summed E-state index contributed by atoms with van der Waals surface area (Å²) in [7, 11) is 0. The quantitative estimate of drug-likeness (QED) is 0.0203. The molecule has 0 nitrogen and oxygen atoms in total. The van der Waals surface area contributed by atoms with E-state index in [0.717, 1.165) is 0 Å². The second-order valence-electron chi connectivity index (χ2n) is 48.0. The van der Waals surface area contributed by atoms with E-state index in [2.05, 4.69) is 121 Å². The predicted molar refractivity (Wildman–Crippen MR) is 624 cm³/mol. The Balaban J connectivity index is 1.81. The zero-order valence-corrected chi connectivity index (χ0v) is 95.2. The first-order valence-electron chi connectivity index (χ1n) is 63.5. The van der Waals surface area contributed by atoms with Crippen LogP contribution in [0.1, 0.15) is 718 Å². The number of fused-ring (bicyclic) bond motifs is 6. The SMILES string of the molecule is CCCCCCCCCCCCCc1c(CCCCCCCCCCCCC)c(CCCCCCCCCCCCC)c2c3cc(C(C)(C)C)cc4c5c(CCCCCCCCCCCCC)c(CCCCCCCCCCCCC)c(CCCCCCCCCCCCC)c(CCCCCCCCCCCCC)c5c5cc(C(C)(C)C)cc(c2c1CCCCCCCCCCCCC)c5c34. The van der Waals surface area contributed by atoms with Gasteiger partial charge in [-0.3, -0.25) is 0 Å². The molecule has 6 rings (SSSR count). The topological polar surface area (TPSA) is 0 Å². The maximum atomic E-state index is 2.96. The third-order valence-corrected chi connectivity index (χ3v) is 33.5. The highest BCUT2D eigenvalue weighted by atomic mass is 14.4. The van der Waals surface area contributed by atoms with E-state index in [4.69, 9.17) is 0 Å². The van der Waals surface area contributed by atoms with Gasteiger partial charge in [0.15, 0.2) is 0 Å². The van der Waals surface area contributed by atoms with Crippen LogP contribution < -0.4 is 0 Å². The molecule has 136 heavy (non-hydrogen) atoms. The molecule has 0 unspecified atom stereocenters. The average Bonchev–Trinajstić information content (AvgIpc) is 0.675. The van der Waals surface area contributed by atoms with Gasteiger partial charge in [0.05, 0.1) is 0 Å². The Morgan fingerprint density at radius 2 is 0.213 bits per heavy atom. The standard InChI is InChI=1S/C136H238/c1-15-23-31-39-47-55-63-71-79-87-95-103-117-118(104-96-88-80-72-64-56-48-40-32-24-16-2)122(108-100-92-84-76-68-60-52-44-36-28-20-6)130-126-112-116(136(12,13)14)114-128-132-124(110-102-94-86-78-70-62-54-46-38-30-22-8)120(106-98-90-82-74-66-58-50-42-34-26-18-4)119(105-97-89-81-73-65-57-49-41-33-25-17-3)123(109-101-93-85-77-69-61-53-45-37-29-21-7)131(132)127-113-115(135(9,10)11)111-125(133(127)134(126)128)129(130)121(117)107-99-91-83-75-67-59-51-43-35-27-19-5/h111-114H,15-110H2,1-14H3. The van der Waals surface area contributed by atoms with Crippen molar-refractivity contribution < 1.29 is 0 Å². The van der Waals surface area contributed by atoms with Crippen molar-refractivity contribution in [1.29, 1.82) is 0 Å². The third kappa shape index (κ3) is 48.7. The minimum Gasteiger partial charge on any atom is -0.0654 e. The summed E-state index contributed by atoms with van der Waals surface area (Å²) >= 11 is 0. The van der Waals surface area contributed by atoms with Crippen LogP contribution in [0.15, 0.2) is 24.3 Å². The van der Waals surface area contributed by atoms with Crippen molar-refractivity contribution in [3.8, 4) is 0 Å². The smallest absolute Gasteiger partial charge is 0.00135 e. The lowest BCUT2D eigenvalue weighted by molar-refractivity contribution is 0.544. The largest absolute Gasteiger partial charge is 0.0654 e. The van der Waals surface area contributed by atoms with Crippen molar-refractivity contribution >= 4 is 53.9 Å². The van der Waals surface area contributed by atoms with Crippen molar-refractivity contribution in [3.05, 3.63) is 79.9 Å². The Morgan fingerprint density at radius 3 is 0.316 bits per heavy atom. The van der Waals surface area contributed by atoms with Crippen LogP contribution in [0.2, 0.25) is 0 Å². The molecule has 0 aliphatic rings. The average molecular weight is 1870 g/mol. The van der Waals surface area contributed by atoms with Crippen molar-refractivity contribution in [3.63, 3.8) is 0 Å². The molecule has 6 aromatic carbocycles. The number of rotatable bonds is 96. The lowest BCUT2D eigenvalue weighted by atomic mass is 9.72.